The number of guanidine groups is 1. The Labute approximate surface area is 134 Å². The summed E-state index contributed by atoms with van der Waals surface area (Å²) in [5, 5.41) is 3.14. The Bertz CT molecular complexity index is 458. The van der Waals surface area contributed by atoms with Gasteiger partial charge in [0.2, 0.25) is 0 Å². The first kappa shape index (κ1) is 18.3. The number of likely N-dealkylation sites (N-methyl/N-ethyl adjacent to an activating group) is 1. The third kappa shape index (κ3) is 8.52. The summed E-state index contributed by atoms with van der Waals surface area (Å²) in [5.41, 5.74) is 6.95. The maximum atomic E-state index is 5.86. The Morgan fingerprint density at radius 2 is 2.14 bits per heavy atom. The zero-order chi connectivity index (χ0) is 16.4. The average Bonchev–Trinajstić information content (AvgIpc) is 2.45. The molecule has 5 heteroatoms. The highest BCUT2D eigenvalue weighted by molar-refractivity contribution is 5.77. The lowest BCUT2D eigenvalue weighted by Crippen LogP contribution is -2.32. The van der Waals surface area contributed by atoms with E-state index in [9.17, 15) is 0 Å². The summed E-state index contributed by atoms with van der Waals surface area (Å²) in [6.45, 7) is 7.38. The number of ether oxygens (including phenoxy) is 1. The van der Waals surface area contributed by atoms with Crippen molar-refractivity contribution in [3.63, 3.8) is 0 Å². The minimum atomic E-state index is 0.500. The van der Waals surface area contributed by atoms with Gasteiger partial charge >= 0.3 is 0 Å². The van der Waals surface area contributed by atoms with Gasteiger partial charge in [-0.2, -0.15) is 0 Å². The minimum Gasteiger partial charge on any atom is -0.492 e. The second-order valence-electron chi connectivity index (χ2n) is 6.11. The number of hydrogen-bond donors (Lipinski definition) is 2. The van der Waals surface area contributed by atoms with Crippen LogP contribution in [0.5, 0.6) is 5.75 Å². The Morgan fingerprint density at radius 1 is 1.36 bits per heavy atom. The maximum Gasteiger partial charge on any atom is 0.188 e. The molecule has 1 aromatic carbocycles. The summed E-state index contributed by atoms with van der Waals surface area (Å²) < 4.78 is 5.72. The summed E-state index contributed by atoms with van der Waals surface area (Å²) in [6.07, 6.45) is 1.09. The highest BCUT2D eigenvalue weighted by Gasteiger charge is 1.99. The standard InChI is InChI=1S/C17H30N4O/c1-14(2)8-9-19-17(18)20-13-15-6-5-7-16(12-15)22-11-10-21(3)4/h5-7,12,14H,8-11,13H2,1-4H3,(H3,18,19,20). The molecule has 1 aromatic rings. The molecule has 0 amide bonds. The predicted octanol–water partition coefficient (Wildman–Crippen LogP) is 2.08. The zero-order valence-corrected chi connectivity index (χ0v) is 14.3. The fourth-order valence-corrected chi connectivity index (χ4v) is 1.80. The van der Waals surface area contributed by atoms with Crippen LogP contribution in [0, 0.1) is 5.92 Å². The molecule has 3 N–H and O–H groups in total. The molecular formula is C17H30N4O. The van der Waals surface area contributed by atoms with E-state index in [0.717, 1.165) is 30.8 Å². The molecule has 0 aromatic heterocycles. The topological polar surface area (TPSA) is 62.9 Å². The van der Waals surface area contributed by atoms with Crippen molar-refractivity contribution in [2.45, 2.75) is 26.8 Å². The van der Waals surface area contributed by atoms with Crippen LogP contribution in [0.25, 0.3) is 0 Å². The van der Waals surface area contributed by atoms with Crippen molar-refractivity contribution in [2.75, 3.05) is 33.8 Å². The van der Waals surface area contributed by atoms with Gasteiger partial charge in [-0.15, -0.1) is 0 Å². The van der Waals surface area contributed by atoms with E-state index in [1.165, 1.54) is 0 Å². The van der Waals surface area contributed by atoms with E-state index in [4.69, 9.17) is 10.5 Å². The van der Waals surface area contributed by atoms with Crippen LogP contribution in [-0.4, -0.2) is 44.7 Å². The zero-order valence-electron chi connectivity index (χ0n) is 14.3. The maximum absolute atomic E-state index is 5.86. The van der Waals surface area contributed by atoms with Crippen LogP contribution in [0.4, 0.5) is 0 Å². The molecule has 0 aliphatic carbocycles. The smallest absolute Gasteiger partial charge is 0.188 e. The van der Waals surface area contributed by atoms with E-state index in [1.54, 1.807) is 0 Å². The number of nitrogens with zero attached hydrogens (tertiary/aromatic N) is 2. The van der Waals surface area contributed by atoms with E-state index in [0.29, 0.717) is 25.0 Å². The van der Waals surface area contributed by atoms with Gasteiger partial charge in [-0.1, -0.05) is 26.0 Å². The third-order valence-electron chi connectivity index (χ3n) is 3.17. The third-order valence-corrected chi connectivity index (χ3v) is 3.17. The molecule has 0 spiro atoms. The number of hydrogen-bond acceptors (Lipinski definition) is 3. The molecule has 0 fully saturated rings. The highest BCUT2D eigenvalue weighted by atomic mass is 16.5. The molecule has 1 rings (SSSR count). The molecule has 0 aliphatic heterocycles. The summed E-state index contributed by atoms with van der Waals surface area (Å²) in [4.78, 5) is 6.46. The van der Waals surface area contributed by atoms with E-state index in [-0.39, 0.29) is 0 Å². The average molecular weight is 306 g/mol. The lowest BCUT2D eigenvalue weighted by molar-refractivity contribution is 0.261. The van der Waals surface area contributed by atoms with Crippen LogP contribution in [0.1, 0.15) is 25.8 Å². The molecule has 0 aliphatic rings. The van der Waals surface area contributed by atoms with Gasteiger partial charge in [-0.3, -0.25) is 0 Å². The van der Waals surface area contributed by atoms with Crippen LogP contribution in [-0.2, 0) is 6.54 Å². The molecule has 0 saturated carbocycles. The van der Waals surface area contributed by atoms with Crippen LogP contribution in [0.3, 0.4) is 0 Å². The summed E-state index contributed by atoms with van der Waals surface area (Å²) >= 11 is 0. The highest BCUT2D eigenvalue weighted by Crippen LogP contribution is 2.14. The van der Waals surface area contributed by atoms with Crippen molar-refractivity contribution >= 4 is 5.96 Å². The van der Waals surface area contributed by atoms with E-state index >= 15 is 0 Å². The number of nitrogens with one attached hydrogen (secondary N) is 1. The first-order chi connectivity index (χ1) is 10.5. The molecule has 0 atom stereocenters. The van der Waals surface area contributed by atoms with Gasteiger partial charge in [0.15, 0.2) is 5.96 Å². The van der Waals surface area contributed by atoms with Crippen molar-refractivity contribution in [1.29, 1.82) is 0 Å². The van der Waals surface area contributed by atoms with Gasteiger partial charge in [0, 0.05) is 13.1 Å². The largest absolute Gasteiger partial charge is 0.492 e. The normalized spacial score (nSPS) is 12.0. The fourth-order valence-electron chi connectivity index (χ4n) is 1.80. The monoisotopic (exact) mass is 306 g/mol. The Kier molecular flexibility index (Phi) is 8.36. The van der Waals surface area contributed by atoms with Crippen molar-refractivity contribution < 1.29 is 4.74 Å². The Morgan fingerprint density at radius 3 is 2.82 bits per heavy atom. The van der Waals surface area contributed by atoms with E-state index in [1.807, 2.05) is 38.4 Å². The van der Waals surface area contributed by atoms with E-state index < -0.39 is 0 Å². The molecule has 124 valence electrons. The fraction of sp³-hybridized carbons (Fsp3) is 0.588. The van der Waals surface area contributed by atoms with Crippen LogP contribution in [0.2, 0.25) is 0 Å². The molecule has 0 saturated heterocycles. The quantitative estimate of drug-likeness (QED) is 0.541. The van der Waals surface area contributed by atoms with Crippen molar-refractivity contribution in [3.05, 3.63) is 29.8 Å². The number of nitrogens with two attached hydrogens (primary N) is 1. The Hall–Kier alpha value is -1.75. The van der Waals surface area contributed by atoms with Gasteiger partial charge in [-0.25, -0.2) is 4.99 Å². The molecule has 22 heavy (non-hydrogen) atoms. The van der Waals surface area contributed by atoms with Crippen LogP contribution >= 0.6 is 0 Å². The van der Waals surface area contributed by atoms with Gasteiger partial charge in [0.05, 0.1) is 6.54 Å². The predicted molar refractivity (Wildman–Crippen MR) is 93.3 cm³/mol. The molecule has 5 nitrogen and oxygen atoms in total. The number of benzene rings is 1. The van der Waals surface area contributed by atoms with E-state index in [2.05, 4.69) is 29.1 Å². The van der Waals surface area contributed by atoms with Crippen molar-refractivity contribution in [3.8, 4) is 5.75 Å². The van der Waals surface area contributed by atoms with Gasteiger partial charge in [0.1, 0.15) is 12.4 Å². The molecule has 0 unspecified atom stereocenters. The van der Waals surface area contributed by atoms with Crippen molar-refractivity contribution in [2.24, 2.45) is 16.6 Å². The lowest BCUT2D eigenvalue weighted by Gasteiger charge is -2.11. The first-order valence-corrected chi connectivity index (χ1v) is 7.87. The first-order valence-electron chi connectivity index (χ1n) is 7.87. The second kappa shape index (κ2) is 10.1. The minimum absolute atomic E-state index is 0.500. The summed E-state index contributed by atoms with van der Waals surface area (Å²) in [7, 11) is 4.06. The number of aliphatic imine (C=N–C) groups is 1. The summed E-state index contributed by atoms with van der Waals surface area (Å²) in [6, 6.07) is 8.00. The number of rotatable bonds is 9. The second-order valence-corrected chi connectivity index (χ2v) is 6.11. The van der Waals surface area contributed by atoms with Gasteiger partial charge in [0.25, 0.3) is 0 Å². The van der Waals surface area contributed by atoms with Gasteiger partial charge in [-0.05, 0) is 44.1 Å². The lowest BCUT2D eigenvalue weighted by atomic mass is 10.1. The SMILES string of the molecule is CC(C)CCNC(N)=NCc1cccc(OCCN(C)C)c1. The molecule has 0 bridgehead atoms. The molecule has 0 heterocycles. The van der Waals surface area contributed by atoms with Crippen LogP contribution < -0.4 is 15.8 Å². The van der Waals surface area contributed by atoms with Crippen molar-refractivity contribution in [1.82, 2.24) is 10.2 Å². The molecular weight excluding hydrogens is 276 g/mol. The van der Waals surface area contributed by atoms with Crippen LogP contribution in [0.15, 0.2) is 29.3 Å². The van der Waals surface area contributed by atoms with Gasteiger partial charge < -0.3 is 20.7 Å². The summed E-state index contributed by atoms with van der Waals surface area (Å²) in [5.74, 6) is 2.04. The molecule has 0 radical (unpaired) electrons. The Balaban J connectivity index is 2.41.